The number of ether oxygens (including phenoxy) is 1. The minimum absolute atomic E-state index is 0.0379. The Morgan fingerprint density at radius 3 is 2.74 bits per heavy atom. The van der Waals surface area contributed by atoms with Gasteiger partial charge >= 0.3 is 0 Å². The number of carbonyl (C=O) groups excluding carboxylic acids is 2. The van der Waals surface area contributed by atoms with Crippen molar-refractivity contribution in [1.82, 2.24) is 14.9 Å². The van der Waals surface area contributed by atoms with E-state index in [4.69, 9.17) is 10.6 Å². The van der Waals surface area contributed by atoms with Gasteiger partial charge < -0.3 is 15.9 Å². The van der Waals surface area contributed by atoms with E-state index in [0.29, 0.717) is 28.3 Å². The molecule has 3 aromatic rings. The number of rotatable bonds is 7. The van der Waals surface area contributed by atoms with Crippen LogP contribution < -0.4 is 20.8 Å². The lowest BCUT2D eigenvalue weighted by molar-refractivity contribution is -0.121. The summed E-state index contributed by atoms with van der Waals surface area (Å²) in [5.74, 6) is 7.32. The second-order valence-electron chi connectivity index (χ2n) is 8.50. The molecule has 2 aromatic carbocycles. The van der Waals surface area contributed by atoms with E-state index in [-0.39, 0.29) is 25.0 Å². The summed E-state index contributed by atoms with van der Waals surface area (Å²) in [6.45, 7) is 8.11. The average molecular weight is 481 g/mol. The third-order valence-electron chi connectivity index (χ3n) is 5.55. The fourth-order valence-corrected chi connectivity index (χ4v) is 4.58. The van der Waals surface area contributed by atoms with Crippen molar-refractivity contribution in [3.63, 3.8) is 0 Å². The maximum Gasteiger partial charge on any atom is 0.244 e. The number of hydrogen-bond donors (Lipinski definition) is 2. The number of amides is 2. The van der Waals surface area contributed by atoms with Crippen LogP contribution in [0.15, 0.2) is 47.6 Å². The fourth-order valence-electron chi connectivity index (χ4n) is 3.73. The number of carbonyl (C=O) groups is 2. The van der Waals surface area contributed by atoms with Crippen molar-refractivity contribution in [2.45, 2.75) is 50.6 Å². The van der Waals surface area contributed by atoms with Crippen molar-refractivity contribution >= 4 is 35.0 Å². The van der Waals surface area contributed by atoms with E-state index in [1.54, 1.807) is 13.0 Å². The first-order chi connectivity index (χ1) is 16.2. The summed E-state index contributed by atoms with van der Waals surface area (Å²) in [4.78, 5) is 26.7. The summed E-state index contributed by atoms with van der Waals surface area (Å²) in [7, 11) is 0. The van der Waals surface area contributed by atoms with Crippen molar-refractivity contribution < 1.29 is 14.3 Å². The summed E-state index contributed by atoms with van der Waals surface area (Å²) in [6.07, 6.45) is 0. The molecule has 0 aliphatic carbocycles. The number of anilines is 2. The Balaban J connectivity index is 1.45. The molecular formula is C24H28N6O3S. The lowest BCUT2D eigenvalue weighted by atomic mass is 10.0. The molecule has 0 radical (unpaired) electrons. The van der Waals surface area contributed by atoms with Gasteiger partial charge in [-0.05, 0) is 49.1 Å². The number of hydrogen-bond acceptors (Lipinski definition) is 7. The number of aryl methyl sites for hydroxylation is 1. The van der Waals surface area contributed by atoms with Crippen LogP contribution in [0, 0.1) is 6.92 Å². The third kappa shape index (κ3) is 4.86. The SMILES string of the molecule is Cc1ccc(C(C)C)c(OCc2nnc(SC(C)C(=O)N3CC(=O)Nc4ccccc43)n2N)c1. The number of aromatic nitrogens is 3. The van der Waals surface area contributed by atoms with E-state index in [1.807, 2.05) is 31.2 Å². The largest absolute Gasteiger partial charge is 0.485 e. The van der Waals surface area contributed by atoms with Crippen LogP contribution >= 0.6 is 11.8 Å². The average Bonchev–Trinajstić information content (AvgIpc) is 3.15. The van der Waals surface area contributed by atoms with Gasteiger partial charge in [-0.1, -0.05) is 49.9 Å². The maximum absolute atomic E-state index is 13.2. The van der Waals surface area contributed by atoms with Crippen LogP contribution in [-0.4, -0.2) is 38.5 Å². The molecule has 0 bridgehead atoms. The van der Waals surface area contributed by atoms with Crippen molar-refractivity contribution in [2.24, 2.45) is 0 Å². The van der Waals surface area contributed by atoms with Gasteiger partial charge in [-0.3, -0.25) is 14.5 Å². The first-order valence-electron chi connectivity index (χ1n) is 11.0. The second-order valence-corrected chi connectivity index (χ2v) is 9.81. The minimum Gasteiger partial charge on any atom is -0.485 e. The van der Waals surface area contributed by atoms with Gasteiger partial charge in [-0.25, -0.2) is 4.68 Å². The predicted octanol–water partition coefficient (Wildman–Crippen LogP) is 3.47. The predicted molar refractivity (Wildman–Crippen MR) is 133 cm³/mol. The number of fused-ring (bicyclic) bond motifs is 1. The highest BCUT2D eigenvalue weighted by atomic mass is 32.2. The molecule has 1 aliphatic heterocycles. The molecule has 34 heavy (non-hydrogen) atoms. The molecule has 2 heterocycles. The van der Waals surface area contributed by atoms with E-state index < -0.39 is 5.25 Å². The topological polar surface area (TPSA) is 115 Å². The number of nitrogen functional groups attached to an aromatic ring is 1. The Labute approximate surface area is 202 Å². The lowest BCUT2D eigenvalue weighted by Crippen LogP contribution is -2.45. The Kier molecular flexibility index (Phi) is 6.78. The Bertz CT molecular complexity index is 1230. The molecule has 0 saturated carbocycles. The van der Waals surface area contributed by atoms with Crippen LogP contribution in [0.25, 0.3) is 0 Å². The van der Waals surface area contributed by atoms with E-state index in [9.17, 15) is 9.59 Å². The number of thioether (sulfide) groups is 1. The summed E-state index contributed by atoms with van der Waals surface area (Å²) in [5, 5.41) is 10.9. The van der Waals surface area contributed by atoms with E-state index in [2.05, 4.69) is 41.5 Å². The molecule has 178 valence electrons. The van der Waals surface area contributed by atoms with Crippen LogP contribution in [0.2, 0.25) is 0 Å². The quantitative estimate of drug-likeness (QED) is 0.393. The number of nitrogens with one attached hydrogen (secondary N) is 1. The van der Waals surface area contributed by atoms with Crippen molar-refractivity contribution in [3.8, 4) is 5.75 Å². The Morgan fingerprint density at radius 2 is 1.97 bits per heavy atom. The normalized spacial score (nSPS) is 14.0. The fraction of sp³-hybridized carbons (Fsp3) is 0.333. The first kappa shape index (κ1) is 23.6. The molecule has 9 nitrogen and oxygen atoms in total. The Morgan fingerprint density at radius 1 is 1.21 bits per heavy atom. The van der Waals surface area contributed by atoms with Gasteiger partial charge in [0.05, 0.1) is 16.6 Å². The number of benzene rings is 2. The van der Waals surface area contributed by atoms with Gasteiger partial charge in [-0.2, -0.15) is 0 Å². The highest BCUT2D eigenvalue weighted by Crippen LogP contribution is 2.32. The van der Waals surface area contributed by atoms with Gasteiger partial charge in [0.1, 0.15) is 18.9 Å². The highest BCUT2D eigenvalue weighted by molar-refractivity contribution is 8.00. The smallest absolute Gasteiger partial charge is 0.244 e. The van der Waals surface area contributed by atoms with E-state index in [0.717, 1.165) is 16.9 Å². The molecule has 1 atom stereocenters. The van der Waals surface area contributed by atoms with Gasteiger partial charge in [-0.15, -0.1) is 10.2 Å². The zero-order valence-electron chi connectivity index (χ0n) is 19.6. The summed E-state index contributed by atoms with van der Waals surface area (Å²) in [5.41, 5.74) is 3.49. The number of nitrogens with two attached hydrogens (primary N) is 1. The van der Waals surface area contributed by atoms with Crippen LogP contribution in [-0.2, 0) is 16.2 Å². The number of nitrogens with zero attached hydrogens (tertiary/aromatic N) is 4. The molecule has 1 unspecified atom stereocenters. The third-order valence-corrected chi connectivity index (χ3v) is 6.59. The molecule has 2 amide bonds. The van der Waals surface area contributed by atoms with Crippen LogP contribution in [0.1, 0.15) is 43.6 Å². The molecule has 10 heteroatoms. The molecule has 1 aromatic heterocycles. The van der Waals surface area contributed by atoms with Gasteiger partial charge in [0.15, 0.2) is 5.82 Å². The standard InChI is InChI=1S/C24H28N6O3S/c1-14(2)17-10-9-15(3)11-20(17)33-13-21-27-28-24(30(21)25)34-16(4)23(32)29-12-22(31)26-18-7-5-6-8-19(18)29/h5-11,14,16H,12-13,25H2,1-4H3,(H,26,31). The highest BCUT2D eigenvalue weighted by Gasteiger charge is 2.31. The van der Waals surface area contributed by atoms with Crippen molar-refractivity contribution in [3.05, 3.63) is 59.4 Å². The van der Waals surface area contributed by atoms with E-state index >= 15 is 0 Å². The number of para-hydroxylation sites is 2. The Hall–Kier alpha value is -3.53. The van der Waals surface area contributed by atoms with Gasteiger partial charge in [0, 0.05) is 0 Å². The summed E-state index contributed by atoms with van der Waals surface area (Å²) in [6, 6.07) is 13.3. The molecule has 0 saturated heterocycles. The van der Waals surface area contributed by atoms with Crippen molar-refractivity contribution in [1.29, 1.82) is 0 Å². The summed E-state index contributed by atoms with van der Waals surface area (Å²) >= 11 is 1.19. The van der Waals surface area contributed by atoms with Crippen LogP contribution in [0.5, 0.6) is 5.75 Å². The zero-order chi connectivity index (χ0) is 24.4. The molecule has 1 aliphatic rings. The molecule has 4 rings (SSSR count). The van der Waals surface area contributed by atoms with Gasteiger partial charge in [0.25, 0.3) is 0 Å². The molecular weight excluding hydrogens is 452 g/mol. The monoisotopic (exact) mass is 480 g/mol. The second kappa shape index (κ2) is 9.76. The first-order valence-corrected chi connectivity index (χ1v) is 11.9. The maximum atomic E-state index is 13.2. The lowest BCUT2D eigenvalue weighted by Gasteiger charge is -2.30. The zero-order valence-corrected chi connectivity index (χ0v) is 20.4. The molecule has 0 fully saturated rings. The molecule has 0 spiro atoms. The van der Waals surface area contributed by atoms with E-state index in [1.165, 1.54) is 21.3 Å². The van der Waals surface area contributed by atoms with Crippen LogP contribution in [0.4, 0.5) is 11.4 Å². The van der Waals surface area contributed by atoms with Gasteiger partial charge in [0.2, 0.25) is 17.0 Å². The molecule has 3 N–H and O–H groups in total. The summed E-state index contributed by atoms with van der Waals surface area (Å²) < 4.78 is 7.37. The van der Waals surface area contributed by atoms with Crippen LogP contribution in [0.3, 0.4) is 0 Å². The van der Waals surface area contributed by atoms with Crippen molar-refractivity contribution in [2.75, 3.05) is 22.6 Å². The minimum atomic E-state index is -0.538.